The van der Waals surface area contributed by atoms with E-state index in [1.807, 2.05) is 29.0 Å². The minimum atomic E-state index is 0.0227. The van der Waals surface area contributed by atoms with Gasteiger partial charge >= 0.3 is 0 Å². The van der Waals surface area contributed by atoms with Gasteiger partial charge in [0.2, 0.25) is 5.91 Å². The Morgan fingerprint density at radius 3 is 2.91 bits per heavy atom. The smallest absolute Gasteiger partial charge is 0.223 e. The molecule has 0 spiro atoms. The molecule has 0 saturated carbocycles. The zero-order valence-electron chi connectivity index (χ0n) is 13.2. The highest BCUT2D eigenvalue weighted by Gasteiger charge is 2.02. The van der Waals surface area contributed by atoms with Crippen molar-refractivity contribution in [2.75, 3.05) is 13.2 Å². The van der Waals surface area contributed by atoms with Crippen LogP contribution in [0.2, 0.25) is 0 Å². The van der Waals surface area contributed by atoms with Crippen molar-refractivity contribution in [3.63, 3.8) is 0 Å². The molecule has 0 atom stereocenters. The van der Waals surface area contributed by atoms with E-state index in [2.05, 4.69) is 24.1 Å². The average molecular weight is 301 g/mol. The van der Waals surface area contributed by atoms with E-state index in [4.69, 9.17) is 4.74 Å². The van der Waals surface area contributed by atoms with E-state index in [0.29, 0.717) is 19.6 Å². The van der Waals surface area contributed by atoms with Crippen LogP contribution in [0, 0.1) is 13.8 Å². The van der Waals surface area contributed by atoms with Crippen molar-refractivity contribution in [2.24, 2.45) is 0 Å². The van der Waals surface area contributed by atoms with E-state index in [-0.39, 0.29) is 5.91 Å². The number of amides is 1. The van der Waals surface area contributed by atoms with Crippen LogP contribution < -0.4 is 10.1 Å². The first-order valence-corrected chi connectivity index (χ1v) is 7.57. The van der Waals surface area contributed by atoms with Gasteiger partial charge in [-0.05, 0) is 43.5 Å². The molecular formula is C17H23N3O2. The molecule has 2 aromatic rings. The number of hydrogen-bond acceptors (Lipinski definition) is 3. The highest BCUT2D eigenvalue weighted by atomic mass is 16.5. The molecule has 0 fully saturated rings. The molecule has 22 heavy (non-hydrogen) atoms. The number of hydrogen-bond donors (Lipinski definition) is 1. The van der Waals surface area contributed by atoms with Crippen molar-refractivity contribution in [1.29, 1.82) is 0 Å². The quantitative estimate of drug-likeness (QED) is 0.762. The summed E-state index contributed by atoms with van der Waals surface area (Å²) in [4.78, 5) is 15.7. The van der Waals surface area contributed by atoms with E-state index in [0.717, 1.165) is 18.7 Å². The summed E-state index contributed by atoms with van der Waals surface area (Å²) in [6.45, 7) is 6.04. The summed E-state index contributed by atoms with van der Waals surface area (Å²) in [6.07, 6.45) is 6.71. The Bertz CT molecular complexity index is 594. The molecule has 0 aliphatic rings. The standard InChI is InChI=1S/C17H23N3O2/c1-14-4-5-16(12-15(14)2)22-11-6-17(21)19-7-3-9-20-10-8-18-13-20/h4-5,8,10,12-13H,3,6-7,9,11H2,1-2H3,(H,19,21). The Kier molecular flexibility index (Phi) is 6.01. The molecule has 1 amide bonds. The maximum absolute atomic E-state index is 11.7. The summed E-state index contributed by atoms with van der Waals surface area (Å²) in [5.74, 6) is 0.838. The Hall–Kier alpha value is -2.30. The van der Waals surface area contributed by atoms with Crippen LogP contribution in [-0.2, 0) is 11.3 Å². The van der Waals surface area contributed by atoms with Crippen molar-refractivity contribution in [2.45, 2.75) is 33.2 Å². The SMILES string of the molecule is Cc1ccc(OCCC(=O)NCCCn2ccnc2)cc1C. The minimum Gasteiger partial charge on any atom is -0.493 e. The number of nitrogens with one attached hydrogen (secondary N) is 1. The van der Waals surface area contributed by atoms with Gasteiger partial charge in [0.1, 0.15) is 5.75 Å². The molecule has 0 aliphatic heterocycles. The summed E-state index contributed by atoms with van der Waals surface area (Å²) in [5, 5.41) is 2.90. The Morgan fingerprint density at radius 1 is 1.32 bits per heavy atom. The van der Waals surface area contributed by atoms with Crippen molar-refractivity contribution >= 4 is 5.91 Å². The average Bonchev–Trinajstić information content (AvgIpc) is 3.01. The second-order valence-corrected chi connectivity index (χ2v) is 5.35. The van der Waals surface area contributed by atoms with Gasteiger partial charge in [-0.1, -0.05) is 6.07 Å². The van der Waals surface area contributed by atoms with Gasteiger partial charge in [-0.25, -0.2) is 4.98 Å². The number of rotatable bonds is 8. The third-order valence-corrected chi connectivity index (χ3v) is 3.55. The van der Waals surface area contributed by atoms with Crippen molar-refractivity contribution in [1.82, 2.24) is 14.9 Å². The van der Waals surface area contributed by atoms with Crippen LogP contribution in [0.15, 0.2) is 36.9 Å². The third kappa shape index (κ3) is 5.24. The molecule has 1 N–H and O–H groups in total. The fraction of sp³-hybridized carbons (Fsp3) is 0.412. The lowest BCUT2D eigenvalue weighted by molar-refractivity contribution is -0.121. The number of carbonyl (C=O) groups excluding carboxylic acids is 1. The molecule has 0 radical (unpaired) electrons. The third-order valence-electron chi connectivity index (χ3n) is 3.55. The fourth-order valence-electron chi connectivity index (χ4n) is 2.06. The number of nitrogens with zero attached hydrogens (tertiary/aromatic N) is 2. The monoisotopic (exact) mass is 301 g/mol. The molecule has 5 nitrogen and oxygen atoms in total. The highest BCUT2D eigenvalue weighted by molar-refractivity contribution is 5.75. The van der Waals surface area contributed by atoms with Crippen LogP contribution in [0.5, 0.6) is 5.75 Å². The number of ether oxygens (including phenoxy) is 1. The molecule has 0 bridgehead atoms. The van der Waals surface area contributed by atoms with E-state index in [9.17, 15) is 4.79 Å². The van der Waals surface area contributed by atoms with Crippen molar-refractivity contribution in [3.05, 3.63) is 48.0 Å². The fourth-order valence-corrected chi connectivity index (χ4v) is 2.06. The van der Waals surface area contributed by atoms with Crippen molar-refractivity contribution in [3.8, 4) is 5.75 Å². The lowest BCUT2D eigenvalue weighted by Crippen LogP contribution is -2.26. The zero-order valence-corrected chi connectivity index (χ0v) is 13.2. The van der Waals surface area contributed by atoms with Crippen LogP contribution in [0.3, 0.4) is 0 Å². The number of imidazole rings is 1. The van der Waals surface area contributed by atoms with Gasteiger partial charge in [-0.2, -0.15) is 0 Å². The second kappa shape index (κ2) is 8.22. The number of carbonyl (C=O) groups is 1. The predicted octanol–water partition coefficient (Wildman–Crippen LogP) is 2.48. The molecule has 1 aromatic heterocycles. The molecule has 2 rings (SSSR count). The number of aromatic nitrogens is 2. The summed E-state index contributed by atoms with van der Waals surface area (Å²) >= 11 is 0. The maximum Gasteiger partial charge on any atom is 0.223 e. The number of benzene rings is 1. The topological polar surface area (TPSA) is 56.1 Å². The summed E-state index contributed by atoms with van der Waals surface area (Å²) < 4.78 is 7.60. The van der Waals surface area contributed by atoms with Crippen molar-refractivity contribution < 1.29 is 9.53 Å². The number of aryl methyl sites for hydroxylation is 3. The predicted molar refractivity (Wildman–Crippen MR) is 85.9 cm³/mol. The summed E-state index contributed by atoms with van der Waals surface area (Å²) in [7, 11) is 0. The first kappa shape index (κ1) is 16.1. The molecule has 0 unspecified atom stereocenters. The molecule has 0 aliphatic carbocycles. The van der Waals surface area contributed by atoms with Gasteiger partial charge < -0.3 is 14.6 Å². The maximum atomic E-state index is 11.7. The van der Waals surface area contributed by atoms with Crippen LogP contribution >= 0.6 is 0 Å². The van der Waals surface area contributed by atoms with E-state index < -0.39 is 0 Å². The largest absolute Gasteiger partial charge is 0.493 e. The lowest BCUT2D eigenvalue weighted by Gasteiger charge is -2.09. The Balaban J connectivity index is 1.58. The van der Waals surface area contributed by atoms with Gasteiger partial charge in [0.05, 0.1) is 19.4 Å². The molecule has 1 heterocycles. The molecule has 5 heteroatoms. The van der Waals surface area contributed by atoms with Gasteiger partial charge in [-0.3, -0.25) is 4.79 Å². The second-order valence-electron chi connectivity index (χ2n) is 5.35. The summed E-state index contributed by atoms with van der Waals surface area (Å²) in [6, 6.07) is 5.96. The van der Waals surface area contributed by atoms with Crippen LogP contribution in [0.1, 0.15) is 24.0 Å². The summed E-state index contributed by atoms with van der Waals surface area (Å²) in [5.41, 5.74) is 2.43. The van der Waals surface area contributed by atoms with Gasteiger partial charge in [0.15, 0.2) is 0 Å². The highest BCUT2D eigenvalue weighted by Crippen LogP contribution is 2.16. The molecule has 0 saturated heterocycles. The first-order chi connectivity index (χ1) is 10.6. The van der Waals surface area contributed by atoms with E-state index in [1.54, 1.807) is 12.5 Å². The molecule has 1 aromatic carbocycles. The Labute approximate surface area is 131 Å². The van der Waals surface area contributed by atoms with Crippen LogP contribution in [-0.4, -0.2) is 28.6 Å². The van der Waals surface area contributed by atoms with Gasteiger partial charge in [0.25, 0.3) is 0 Å². The van der Waals surface area contributed by atoms with Gasteiger partial charge in [0, 0.05) is 25.5 Å². The normalized spacial score (nSPS) is 10.5. The van der Waals surface area contributed by atoms with E-state index >= 15 is 0 Å². The first-order valence-electron chi connectivity index (χ1n) is 7.57. The molecule has 118 valence electrons. The zero-order chi connectivity index (χ0) is 15.8. The van der Waals surface area contributed by atoms with Crippen LogP contribution in [0.25, 0.3) is 0 Å². The molecular weight excluding hydrogens is 278 g/mol. The van der Waals surface area contributed by atoms with E-state index in [1.165, 1.54) is 11.1 Å². The lowest BCUT2D eigenvalue weighted by atomic mass is 10.1. The Morgan fingerprint density at radius 2 is 2.18 bits per heavy atom. The van der Waals surface area contributed by atoms with Gasteiger partial charge in [-0.15, -0.1) is 0 Å². The minimum absolute atomic E-state index is 0.0227. The van der Waals surface area contributed by atoms with Crippen LogP contribution in [0.4, 0.5) is 0 Å².